The zero-order valence-corrected chi connectivity index (χ0v) is 11.6. The number of nitrogens with zero attached hydrogens (tertiary/aromatic N) is 1. The van der Waals surface area contributed by atoms with E-state index in [1.807, 2.05) is 19.1 Å². The molecule has 0 amide bonds. The Bertz CT molecular complexity index is 593. The molecule has 3 heteroatoms. The fourth-order valence-electron chi connectivity index (χ4n) is 2.28. The number of rotatable bonds is 3. The molecule has 2 rings (SSSR count). The molecule has 2 aromatic rings. The molecular formula is C16H20N2O. The predicted molar refractivity (Wildman–Crippen MR) is 78.0 cm³/mol. The van der Waals surface area contributed by atoms with Crippen molar-refractivity contribution < 1.29 is 5.11 Å². The average molecular weight is 256 g/mol. The van der Waals surface area contributed by atoms with Crippen LogP contribution >= 0.6 is 0 Å². The van der Waals surface area contributed by atoms with Crippen molar-refractivity contribution in [1.82, 2.24) is 4.98 Å². The van der Waals surface area contributed by atoms with Crippen LogP contribution in [0.4, 0.5) is 5.82 Å². The normalized spacial score (nSPS) is 12.4. The number of aromatic nitrogens is 1. The number of hydrogen-bond acceptors (Lipinski definition) is 3. The van der Waals surface area contributed by atoms with Gasteiger partial charge in [-0.25, -0.2) is 4.98 Å². The number of anilines is 1. The minimum atomic E-state index is -0.550. The zero-order chi connectivity index (χ0) is 14.0. The van der Waals surface area contributed by atoms with Crippen LogP contribution in [0.25, 0.3) is 0 Å². The number of hydrogen-bond donors (Lipinski definition) is 2. The highest BCUT2D eigenvalue weighted by Crippen LogP contribution is 2.25. The van der Waals surface area contributed by atoms with Crippen LogP contribution in [0.3, 0.4) is 0 Å². The van der Waals surface area contributed by atoms with Crippen LogP contribution in [0.2, 0.25) is 0 Å². The van der Waals surface area contributed by atoms with Gasteiger partial charge in [0.25, 0.3) is 0 Å². The van der Waals surface area contributed by atoms with E-state index in [9.17, 15) is 5.11 Å². The van der Waals surface area contributed by atoms with Crippen molar-refractivity contribution in [3.05, 3.63) is 58.3 Å². The van der Waals surface area contributed by atoms with Crippen LogP contribution in [0, 0.1) is 20.8 Å². The van der Waals surface area contributed by atoms with Crippen molar-refractivity contribution in [2.75, 3.05) is 5.73 Å². The van der Waals surface area contributed by atoms with Gasteiger partial charge in [0, 0.05) is 12.6 Å². The van der Waals surface area contributed by atoms with Gasteiger partial charge in [-0.15, -0.1) is 0 Å². The summed E-state index contributed by atoms with van der Waals surface area (Å²) in [5.41, 5.74) is 11.2. The number of nitrogen functional groups attached to an aromatic ring is 1. The molecule has 0 aliphatic carbocycles. The minimum Gasteiger partial charge on any atom is -0.388 e. The highest BCUT2D eigenvalue weighted by molar-refractivity contribution is 5.42. The summed E-state index contributed by atoms with van der Waals surface area (Å²) in [4.78, 5) is 4.05. The van der Waals surface area contributed by atoms with Crippen LogP contribution in [0.15, 0.2) is 30.5 Å². The Morgan fingerprint density at radius 2 is 1.84 bits per heavy atom. The quantitative estimate of drug-likeness (QED) is 0.887. The molecule has 1 aromatic heterocycles. The second-order valence-electron chi connectivity index (χ2n) is 5.06. The summed E-state index contributed by atoms with van der Waals surface area (Å²) < 4.78 is 0. The molecule has 1 heterocycles. The molecule has 1 aromatic carbocycles. The van der Waals surface area contributed by atoms with Gasteiger partial charge in [-0.1, -0.05) is 18.2 Å². The first-order valence-corrected chi connectivity index (χ1v) is 6.44. The zero-order valence-electron chi connectivity index (χ0n) is 11.6. The van der Waals surface area contributed by atoms with Crippen molar-refractivity contribution in [3.8, 4) is 0 Å². The molecule has 3 nitrogen and oxygen atoms in total. The molecule has 0 fully saturated rings. The Kier molecular flexibility index (Phi) is 3.86. The van der Waals surface area contributed by atoms with E-state index < -0.39 is 6.10 Å². The van der Waals surface area contributed by atoms with Gasteiger partial charge in [0.2, 0.25) is 0 Å². The summed E-state index contributed by atoms with van der Waals surface area (Å²) in [6.45, 7) is 6.17. The van der Waals surface area contributed by atoms with Gasteiger partial charge < -0.3 is 10.8 Å². The highest BCUT2D eigenvalue weighted by atomic mass is 16.3. The van der Waals surface area contributed by atoms with Gasteiger partial charge in [0.15, 0.2) is 0 Å². The van der Waals surface area contributed by atoms with E-state index in [0.29, 0.717) is 12.2 Å². The molecule has 0 saturated carbocycles. The maximum atomic E-state index is 10.4. The molecule has 1 unspecified atom stereocenters. The monoisotopic (exact) mass is 256 g/mol. The van der Waals surface area contributed by atoms with E-state index in [2.05, 4.69) is 31.0 Å². The third kappa shape index (κ3) is 2.93. The second-order valence-corrected chi connectivity index (χ2v) is 5.06. The van der Waals surface area contributed by atoms with Gasteiger partial charge in [0.1, 0.15) is 5.82 Å². The molecule has 0 spiro atoms. The first-order valence-electron chi connectivity index (χ1n) is 6.44. The van der Waals surface area contributed by atoms with Gasteiger partial charge in [-0.05, 0) is 54.7 Å². The molecule has 0 radical (unpaired) electrons. The molecule has 3 N–H and O–H groups in total. The molecular weight excluding hydrogens is 236 g/mol. The molecule has 0 bridgehead atoms. The van der Waals surface area contributed by atoms with Crippen molar-refractivity contribution in [3.63, 3.8) is 0 Å². The van der Waals surface area contributed by atoms with Crippen LogP contribution in [-0.4, -0.2) is 10.1 Å². The molecule has 19 heavy (non-hydrogen) atoms. The number of benzene rings is 1. The van der Waals surface area contributed by atoms with Crippen molar-refractivity contribution >= 4 is 5.82 Å². The molecule has 1 atom stereocenters. The van der Waals surface area contributed by atoms with Crippen LogP contribution < -0.4 is 5.73 Å². The fraction of sp³-hybridized carbons (Fsp3) is 0.312. The number of aliphatic hydroxyl groups excluding tert-OH is 1. The highest BCUT2D eigenvalue weighted by Gasteiger charge is 2.14. The third-order valence-corrected chi connectivity index (χ3v) is 3.58. The minimum absolute atomic E-state index is 0.489. The molecule has 0 aliphatic heterocycles. The van der Waals surface area contributed by atoms with Gasteiger partial charge in [0.05, 0.1) is 6.10 Å². The van der Waals surface area contributed by atoms with Gasteiger partial charge in [-0.3, -0.25) is 0 Å². The first kappa shape index (κ1) is 13.6. The Morgan fingerprint density at radius 3 is 2.53 bits per heavy atom. The Hall–Kier alpha value is -1.87. The number of pyridine rings is 1. The Balaban J connectivity index is 2.28. The molecule has 0 saturated heterocycles. The number of aliphatic hydroxyl groups is 1. The lowest BCUT2D eigenvalue weighted by Gasteiger charge is -2.16. The molecule has 100 valence electrons. The van der Waals surface area contributed by atoms with Crippen molar-refractivity contribution in [2.45, 2.75) is 33.3 Å². The lowest BCUT2D eigenvalue weighted by molar-refractivity contribution is 0.177. The Morgan fingerprint density at radius 1 is 1.16 bits per heavy atom. The Labute approximate surface area is 114 Å². The average Bonchev–Trinajstić information content (AvgIpc) is 2.36. The predicted octanol–water partition coefficient (Wildman–Crippen LogP) is 2.87. The number of aryl methyl sites for hydroxylation is 3. The lowest BCUT2D eigenvalue weighted by Crippen LogP contribution is -2.07. The lowest BCUT2D eigenvalue weighted by atomic mass is 9.94. The maximum absolute atomic E-state index is 10.4. The van der Waals surface area contributed by atoms with E-state index in [0.717, 1.165) is 16.7 Å². The van der Waals surface area contributed by atoms with E-state index in [4.69, 9.17) is 5.73 Å². The maximum Gasteiger partial charge on any atom is 0.126 e. The third-order valence-electron chi connectivity index (χ3n) is 3.58. The van der Waals surface area contributed by atoms with E-state index in [1.165, 1.54) is 11.1 Å². The van der Waals surface area contributed by atoms with E-state index in [1.54, 1.807) is 6.20 Å². The molecule has 0 aliphatic rings. The topological polar surface area (TPSA) is 59.1 Å². The fourth-order valence-corrected chi connectivity index (χ4v) is 2.28. The van der Waals surface area contributed by atoms with Crippen LogP contribution in [0.1, 0.15) is 33.9 Å². The second kappa shape index (κ2) is 5.41. The van der Waals surface area contributed by atoms with Gasteiger partial charge >= 0.3 is 0 Å². The van der Waals surface area contributed by atoms with Crippen molar-refractivity contribution in [2.24, 2.45) is 0 Å². The summed E-state index contributed by atoms with van der Waals surface area (Å²) in [7, 11) is 0. The summed E-state index contributed by atoms with van der Waals surface area (Å²) in [6, 6.07) is 7.91. The first-order chi connectivity index (χ1) is 8.99. The van der Waals surface area contributed by atoms with Gasteiger partial charge in [-0.2, -0.15) is 0 Å². The van der Waals surface area contributed by atoms with E-state index in [-0.39, 0.29) is 0 Å². The summed E-state index contributed by atoms with van der Waals surface area (Å²) in [5, 5.41) is 10.4. The standard InChI is InChI=1S/C16H20N2O/c1-10-7-12(3)14(8-11(10)2)15(19)9-13-5-4-6-18-16(13)17/h4-8,15,19H,9H2,1-3H3,(H2,17,18). The largest absolute Gasteiger partial charge is 0.388 e. The van der Waals surface area contributed by atoms with Crippen LogP contribution in [0.5, 0.6) is 0 Å². The summed E-state index contributed by atoms with van der Waals surface area (Å²) in [5.74, 6) is 0.489. The summed E-state index contributed by atoms with van der Waals surface area (Å²) in [6.07, 6.45) is 1.60. The smallest absolute Gasteiger partial charge is 0.126 e. The van der Waals surface area contributed by atoms with Crippen molar-refractivity contribution in [1.29, 1.82) is 0 Å². The number of nitrogens with two attached hydrogens (primary N) is 1. The SMILES string of the molecule is Cc1cc(C)c(C(O)Cc2cccnc2N)cc1C. The van der Waals surface area contributed by atoms with E-state index >= 15 is 0 Å². The summed E-state index contributed by atoms with van der Waals surface area (Å²) >= 11 is 0. The van der Waals surface area contributed by atoms with Crippen LogP contribution in [-0.2, 0) is 6.42 Å².